The third kappa shape index (κ3) is 7.13. The van der Waals surface area contributed by atoms with Gasteiger partial charge in [0.05, 0.1) is 0 Å². The van der Waals surface area contributed by atoms with E-state index in [4.69, 9.17) is 4.74 Å². The maximum atomic E-state index is 12.5. The number of benzene rings is 1. The second-order valence-electron chi connectivity index (χ2n) is 6.26. The van der Waals surface area contributed by atoms with E-state index in [0.29, 0.717) is 19.3 Å². The number of carboxylic acids is 1. The summed E-state index contributed by atoms with van der Waals surface area (Å²) in [4.78, 5) is 35.8. The van der Waals surface area contributed by atoms with Crippen LogP contribution in [0.1, 0.15) is 45.6 Å². The van der Waals surface area contributed by atoms with Gasteiger partial charge in [-0.1, -0.05) is 63.9 Å². The van der Waals surface area contributed by atoms with E-state index in [0.717, 1.165) is 5.56 Å². The van der Waals surface area contributed by atoms with Crippen LogP contribution in [0.2, 0.25) is 0 Å². The summed E-state index contributed by atoms with van der Waals surface area (Å²) in [5, 5.41) is 14.3. The standard InChI is InChI=1S/C19H28N2O5/c1-4-9-15(18(23)24)20-17(22)16(13(3)5-2)21-19(25)26-12-14-10-7-6-8-11-14/h6-8,10-11,13,15-16H,4-5,9,12H2,1-3H3,(H,20,22)(H,21,25)(H,23,24)/t13-,15+,16-/m1/s1. The summed E-state index contributed by atoms with van der Waals surface area (Å²) in [6.45, 7) is 5.64. The predicted octanol–water partition coefficient (Wildman–Crippen LogP) is 2.70. The van der Waals surface area contributed by atoms with Gasteiger partial charge in [0.2, 0.25) is 5.91 Å². The van der Waals surface area contributed by atoms with Gasteiger partial charge in [-0.2, -0.15) is 0 Å². The Labute approximate surface area is 154 Å². The number of rotatable bonds is 10. The Morgan fingerprint density at radius 2 is 1.77 bits per heavy atom. The quantitative estimate of drug-likeness (QED) is 0.592. The third-order valence-electron chi connectivity index (χ3n) is 4.17. The van der Waals surface area contributed by atoms with Gasteiger partial charge >= 0.3 is 12.1 Å². The van der Waals surface area contributed by atoms with E-state index in [-0.39, 0.29) is 12.5 Å². The van der Waals surface area contributed by atoms with E-state index in [2.05, 4.69) is 10.6 Å². The fourth-order valence-electron chi connectivity index (χ4n) is 2.40. The monoisotopic (exact) mass is 364 g/mol. The topological polar surface area (TPSA) is 105 Å². The highest BCUT2D eigenvalue weighted by Crippen LogP contribution is 2.10. The van der Waals surface area contributed by atoms with Crippen molar-refractivity contribution in [3.05, 3.63) is 35.9 Å². The minimum absolute atomic E-state index is 0.0924. The van der Waals surface area contributed by atoms with Crippen molar-refractivity contribution in [2.45, 2.75) is 58.7 Å². The van der Waals surface area contributed by atoms with Crippen LogP contribution in [0.4, 0.5) is 4.79 Å². The van der Waals surface area contributed by atoms with Crippen molar-refractivity contribution in [3.8, 4) is 0 Å². The van der Waals surface area contributed by atoms with Crippen molar-refractivity contribution in [1.82, 2.24) is 10.6 Å². The molecule has 0 saturated heterocycles. The SMILES string of the molecule is CCC[C@H](NC(=O)[C@H](NC(=O)OCc1ccccc1)[C@H](C)CC)C(=O)O. The summed E-state index contributed by atoms with van der Waals surface area (Å²) in [5.41, 5.74) is 0.834. The molecule has 144 valence electrons. The van der Waals surface area contributed by atoms with E-state index < -0.39 is 30.1 Å². The summed E-state index contributed by atoms with van der Waals surface area (Å²) >= 11 is 0. The molecule has 0 aliphatic rings. The zero-order valence-corrected chi connectivity index (χ0v) is 15.5. The zero-order valence-electron chi connectivity index (χ0n) is 15.5. The Morgan fingerprint density at radius 3 is 2.31 bits per heavy atom. The lowest BCUT2D eigenvalue weighted by atomic mass is 9.98. The lowest BCUT2D eigenvalue weighted by molar-refractivity contribution is -0.142. The first-order valence-electron chi connectivity index (χ1n) is 8.89. The minimum Gasteiger partial charge on any atom is -0.480 e. The molecule has 0 spiro atoms. The number of ether oxygens (including phenoxy) is 1. The van der Waals surface area contributed by atoms with E-state index in [1.54, 1.807) is 0 Å². The highest BCUT2D eigenvalue weighted by Gasteiger charge is 2.29. The van der Waals surface area contributed by atoms with Gasteiger partial charge in [0, 0.05) is 0 Å². The van der Waals surface area contributed by atoms with Crippen LogP contribution in [0.5, 0.6) is 0 Å². The molecule has 0 aliphatic carbocycles. The first kappa shape index (κ1) is 21.5. The molecule has 0 radical (unpaired) electrons. The summed E-state index contributed by atoms with van der Waals surface area (Å²) < 4.78 is 5.16. The number of hydrogen-bond acceptors (Lipinski definition) is 4. The fraction of sp³-hybridized carbons (Fsp3) is 0.526. The van der Waals surface area contributed by atoms with Crippen LogP contribution in [0.25, 0.3) is 0 Å². The van der Waals surface area contributed by atoms with E-state index in [1.807, 2.05) is 51.1 Å². The van der Waals surface area contributed by atoms with Crippen LogP contribution in [-0.2, 0) is 20.9 Å². The number of hydrogen-bond donors (Lipinski definition) is 3. The average molecular weight is 364 g/mol. The van der Waals surface area contributed by atoms with Gasteiger partial charge in [0.25, 0.3) is 0 Å². The van der Waals surface area contributed by atoms with Crippen molar-refractivity contribution in [1.29, 1.82) is 0 Å². The van der Waals surface area contributed by atoms with Gasteiger partial charge in [-0.3, -0.25) is 4.79 Å². The third-order valence-corrected chi connectivity index (χ3v) is 4.17. The number of carbonyl (C=O) groups is 3. The highest BCUT2D eigenvalue weighted by atomic mass is 16.5. The second-order valence-corrected chi connectivity index (χ2v) is 6.26. The molecule has 0 bridgehead atoms. The smallest absolute Gasteiger partial charge is 0.408 e. The number of amides is 2. The van der Waals surface area contributed by atoms with Gasteiger partial charge in [0.1, 0.15) is 18.7 Å². The number of carbonyl (C=O) groups excluding carboxylic acids is 2. The maximum Gasteiger partial charge on any atom is 0.408 e. The van der Waals surface area contributed by atoms with Crippen LogP contribution in [0.3, 0.4) is 0 Å². The van der Waals surface area contributed by atoms with Crippen LogP contribution >= 0.6 is 0 Å². The van der Waals surface area contributed by atoms with Crippen LogP contribution in [0, 0.1) is 5.92 Å². The number of alkyl carbamates (subject to hydrolysis) is 1. The minimum atomic E-state index is -1.09. The molecule has 1 rings (SSSR count). The molecule has 0 heterocycles. The molecular formula is C19H28N2O5. The molecular weight excluding hydrogens is 336 g/mol. The second kappa shape index (κ2) is 11.1. The van der Waals surface area contributed by atoms with E-state index in [1.165, 1.54) is 0 Å². The summed E-state index contributed by atoms with van der Waals surface area (Å²) in [7, 11) is 0. The zero-order chi connectivity index (χ0) is 19.5. The number of aliphatic carboxylic acids is 1. The van der Waals surface area contributed by atoms with Gasteiger partial charge < -0.3 is 20.5 Å². The van der Waals surface area contributed by atoms with Crippen molar-refractivity contribution < 1.29 is 24.2 Å². The van der Waals surface area contributed by atoms with Crippen molar-refractivity contribution in [3.63, 3.8) is 0 Å². The van der Waals surface area contributed by atoms with Crippen molar-refractivity contribution >= 4 is 18.0 Å². The molecule has 2 amide bonds. The molecule has 0 unspecified atom stereocenters. The molecule has 1 aromatic carbocycles. The van der Waals surface area contributed by atoms with Crippen molar-refractivity contribution in [2.75, 3.05) is 0 Å². The van der Waals surface area contributed by atoms with Gasteiger partial charge in [-0.05, 0) is 17.9 Å². The molecule has 3 N–H and O–H groups in total. The molecule has 7 heteroatoms. The largest absolute Gasteiger partial charge is 0.480 e. The normalized spacial score (nSPS) is 14.0. The first-order chi connectivity index (χ1) is 12.4. The van der Waals surface area contributed by atoms with Crippen molar-refractivity contribution in [2.24, 2.45) is 5.92 Å². The number of nitrogens with one attached hydrogen (secondary N) is 2. The maximum absolute atomic E-state index is 12.5. The Hall–Kier alpha value is -2.57. The molecule has 26 heavy (non-hydrogen) atoms. The van der Waals surface area contributed by atoms with E-state index in [9.17, 15) is 19.5 Å². The van der Waals surface area contributed by atoms with E-state index >= 15 is 0 Å². The molecule has 1 aromatic rings. The summed E-state index contributed by atoms with van der Waals surface area (Å²) in [6, 6.07) is 7.37. The highest BCUT2D eigenvalue weighted by molar-refractivity contribution is 5.89. The van der Waals surface area contributed by atoms with Gasteiger partial charge in [-0.15, -0.1) is 0 Å². The Balaban J connectivity index is 2.68. The fourth-order valence-corrected chi connectivity index (χ4v) is 2.40. The van der Waals surface area contributed by atoms with Gasteiger partial charge in [-0.25, -0.2) is 9.59 Å². The van der Waals surface area contributed by atoms with Crippen LogP contribution < -0.4 is 10.6 Å². The Morgan fingerprint density at radius 1 is 1.12 bits per heavy atom. The molecule has 0 fully saturated rings. The van der Waals surface area contributed by atoms with Crippen LogP contribution in [-0.4, -0.2) is 35.2 Å². The predicted molar refractivity (Wildman–Crippen MR) is 97.5 cm³/mol. The molecule has 7 nitrogen and oxygen atoms in total. The first-order valence-corrected chi connectivity index (χ1v) is 8.89. The van der Waals surface area contributed by atoms with Crippen LogP contribution in [0.15, 0.2) is 30.3 Å². The average Bonchev–Trinajstić information content (AvgIpc) is 2.64. The molecule has 3 atom stereocenters. The Bertz CT molecular complexity index is 591. The molecule has 0 aromatic heterocycles. The Kier molecular flexibility index (Phi) is 9.19. The lowest BCUT2D eigenvalue weighted by Gasteiger charge is -2.25. The van der Waals surface area contributed by atoms with Gasteiger partial charge in [0.15, 0.2) is 0 Å². The molecule has 0 aliphatic heterocycles. The lowest BCUT2D eigenvalue weighted by Crippen LogP contribution is -2.54. The summed E-state index contributed by atoms with van der Waals surface area (Å²) in [6.07, 6.45) is 0.879. The number of carboxylic acid groups (broad SMARTS) is 1. The summed E-state index contributed by atoms with van der Waals surface area (Å²) in [5.74, 6) is -1.78. The molecule has 0 saturated carbocycles.